The molecule has 0 bridgehead atoms. The molecule has 72 valence electrons. The molecule has 1 amide bonds. The first-order valence-electron chi connectivity index (χ1n) is 4.25. The van der Waals surface area contributed by atoms with E-state index in [1.54, 1.807) is 18.0 Å². The highest BCUT2D eigenvalue weighted by Gasteiger charge is 2.19. The van der Waals surface area contributed by atoms with Crippen molar-refractivity contribution in [2.24, 2.45) is 0 Å². The number of hydrogen-bond acceptors (Lipinski definition) is 3. The minimum Gasteiger partial charge on any atom is -0.359 e. The second-order valence-corrected chi connectivity index (χ2v) is 3.25. The maximum absolute atomic E-state index is 11.3. The van der Waals surface area contributed by atoms with Gasteiger partial charge >= 0.3 is 0 Å². The Bertz CT molecular complexity index is 304. The fraction of sp³-hybridized carbons (Fsp3) is 0.556. The first kappa shape index (κ1) is 9.77. The second kappa shape index (κ2) is 3.60. The topological polar surface area (TPSA) is 46.3 Å². The Morgan fingerprint density at radius 3 is 2.54 bits per heavy atom. The van der Waals surface area contributed by atoms with E-state index in [9.17, 15) is 4.79 Å². The monoisotopic (exact) mass is 182 g/mol. The van der Waals surface area contributed by atoms with E-state index in [4.69, 9.17) is 4.52 Å². The van der Waals surface area contributed by atoms with Crippen molar-refractivity contribution in [2.75, 3.05) is 4.90 Å². The van der Waals surface area contributed by atoms with Crippen LogP contribution < -0.4 is 4.90 Å². The smallest absolute Gasteiger partial charge is 0.224 e. The SMILES string of the molecule is CC(=O)N(c1cnoc1C)C(C)C. The lowest BCUT2D eigenvalue weighted by atomic mass is 10.2. The molecular weight excluding hydrogens is 168 g/mol. The highest BCUT2D eigenvalue weighted by atomic mass is 16.5. The summed E-state index contributed by atoms with van der Waals surface area (Å²) in [6, 6.07) is 0.121. The third-order valence-electron chi connectivity index (χ3n) is 1.84. The summed E-state index contributed by atoms with van der Waals surface area (Å²) in [5, 5.41) is 3.64. The van der Waals surface area contributed by atoms with Gasteiger partial charge in [-0.05, 0) is 20.8 Å². The van der Waals surface area contributed by atoms with Crippen molar-refractivity contribution in [3.05, 3.63) is 12.0 Å². The quantitative estimate of drug-likeness (QED) is 0.700. The molecule has 4 nitrogen and oxygen atoms in total. The Morgan fingerprint density at radius 2 is 2.23 bits per heavy atom. The van der Waals surface area contributed by atoms with Crippen LogP contribution in [0.5, 0.6) is 0 Å². The molecule has 0 saturated carbocycles. The molecule has 1 heterocycles. The third kappa shape index (κ3) is 1.88. The summed E-state index contributed by atoms with van der Waals surface area (Å²) in [6.07, 6.45) is 1.57. The van der Waals surface area contributed by atoms with Gasteiger partial charge in [0.1, 0.15) is 5.69 Å². The van der Waals surface area contributed by atoms with Gasteiger partial charge in [0.15, 0.2) is 5.76 Å². The molecule has 4 heteroatoms. The maximum Gasteiger partial charge on any atom is 0.224 e. The normalized spacial score (nSPS) is 10.5. The van der Waals surface area contributed by atoms with Crippen LogP contribution in [-0.4, -0.2) is 17.1 Å². The van der Waals surface area contributed by atoms with Gasteiger partial charge in [0.25, 0.3) is 0 Å². The van der Waals surface area contributed by atoms with E-state index >= 15 is 0 Å². The highest BCUT2D eigenvalue weighted by molar-refractivity contribution is 5.92. The van der Waals surface area contributed by atoms with Gasteiger partial charge in [-0.15, -0.1) is 0 Å². The van der Waals surface area contributed by atoms with Crippen LogP contribution in [0.1, 0.15) is 26.5 Å². The zero-order valence-corrected chi connectivity index (χ0v) is 8.37. The summed E-state index contributed by atoms with van der Waals surface area (Å²) in [4.78, 5) is 13.0. The fourth-order valence-corrected chi connectivity index (χ4v) is 1.34. The lowest BCUT2D eigenvalue weighted by molar-refractivity contribution is -0.116. The Morgan fingerprint density at radius 1 is 1.62 bits per heavy atom. The first-order valence-corrected chi connectivity index (χ1v) is 4.25. The summed E-state index contributed by atoms with van der Waals surface area (Å²) in [6.45, 7) is 7.23. The Kier molecular flexibility index (Phi) is 2.70. The molecule has 0 aliphatic rings. The third-order valence-corrected chi connectivity index (χ3v) is 1.84. The lowest BCUT2D eigenvalue weighted by Gasteiger charge is -2.23. The number of amides is 1. The van der Waals surface area contributed by atoms with Crippen molar-refractivity contribution < 1.29 is 9.32 Å². The summed E-state index contributed by atoms with van der Waals surface area (Å²) < 4.78 is 4.90. The molecular formula is C9H14N2O2. The molecule has 1 rings (SSSR count). The maximum atomic E-state index is 11.3. The first-order chi connectivity index (χ1) is 6.04. The standard InChI is InChI=1S/C9H14N2O2/c1-6(2)11(8(4)12)9-5-10-13-7(9)3/h5-6H,1-4H3. The number of carbonyl (C=O) groups excluding carboxylic acids is 1. The molecule has 0 fully saturated rings. The van der Waals surface area contributed by atoms with Crippen LogP contribution in [-0.2, 0) is 4.79 Å². The molecule has 0 aliphatic carbocycles. The summed E-state index contributed by atoms with van der Waals surface area (Å²) in [7, 11) is 0. The van der Waals surface area contributed by atoms with Gasteiger partial charge in [-0.1, -0.05) is 5.16 Å². The molecule has 1 aromatic rings. The van der Waals surface area contributed by atoms with E-state index in [1.165, 1.54) is 6.92 Å². The van der Waals surface area contributed by atoms with Crippen LogP contribution >= 0.6 is 0 Å². The van der Waals surface area contributed by atoms with Crippen molar-refractivity contribution >= 4 is 11.6 Å². The Labute approximate surface area is 77.5 Å². The van der Waals surface area contributed by atoms with E-state index in [0.717, 1.165) is 5.69 Å². The Balaban J connectivity index is 3.02. The molecule has 0 saturated heterocycles. The van der Waals surface area contributed by atoms with Gasteiger partial charge in [-0.3, -0.25) is 4.79 Å². The predicted octanol–water partition coefficient (Wildman–Crippen LogP) is 1.74. The van der Waals surface area contributed by atoms with Gasteiger partial charge in [-0.25, -0.2) is 0 Å². The van der Waals surface area contributed by atoms with Gasteiger partial charge < -0.3 is 9.42 Å². The average Bonchev–Trinajstić information content (AvgIpc) is 2.35. The van der Waals surface area contributed by atoms with Crippen LogP contribution in [0, 0.1) is 6.92 Å². The van der Waals surface area contributed by atoms with Crippen molar-refractivity contribution in [1.82, 2.24) is 5.16 Å². The molecule has 0 aliphatic heterocycles. The highest BCUT2D eigenvalue weighted by Crippen LogP contribution is 2.21. The molecule has 0 radical (unpaired) electrons. The van der Waals surface area contributed by atoms with E-state index in [1.807, 2.05) is 13.8 Å². The number of rotatable bonds is 2. The van der Waals surface area contributed by atoms with Gasteiger partial charge in [0.05, 0.1) is 6.20 Å². The number of aryl methyl sites for hydroxylation is 1. The van der Waals surface area contributed by atoms with Crippen LogP contribution in [0.2, 0.25) is 0 Å². The number of aromatic nitrogens is 1. The molecule has 0 aromatic carbocycles. The lowest BCUT2D eigenvalue weighted by Crippen LogP contribution is -2.35. The fourth-order valence-electron chi connectivity index (χ4n) is 1.34. The summed E-state index contributed by atoms with van der Waals surface area (Å²) >= 11 is 0. The van der Waals surface area contributed by atoms with Crippen LogP contribution in [0.3, 0.4) is 0 Å². The Hall–Kier alpha value is -1.32. The minimum absolute atomic E-state index is 0.00120. The van der Waals surface area contributed by atoms with E-state index < -0.39 is 0 Å². The van der Waals surface area contributed by atoms with Crippen molar-refractivity contribution in [3.63, 3.8) is 0 Å². The molecule has 0 unspecified atom stereocenters. The number of carbonyl (C=O) groups is 1. The second-order valence-electron chi connectivity index (χ2n) is 3.25. The van der Waals surface area contributed by atoms with Crippen LogP contribution in [0.4, 0.5) is 5.69 Å². The molecule has 1 aromatic heterocycles. The van der Waals surface area contributed by atoms with Crippen LogP contribution in [0.25, 0.3) is 0 Å². The summed E-state index contributed by atoms with van der Waals surface area (Å²) in [5.41, 5.74) is 0.752. The molecule has 13 heavy (non-hydrogen) atoms. The number of anilines is 1. The van der Waals surface area contributed by atoms with E-state index in [0.29, 0.717) is 5.76 Å². The van der Waals surface area contributed by atoms with E-state index in [2.05, 4.69) is 5.16 Å². The number of nitrogens with zero attached hydrogens (tertiary/aromatic N) is 2. The number of hydrogen-bond donors (Lipinski definition) is 0. The van der Waals surface area contributed by atoms with Gasteiger partial charge in [0.2, 0.25) is 5.91 Å². The van der Waals surface area contributed by atoms with E-state index in [-0.39, 0.29) is 11.9 Å². The van der Waals surface area contributed by atoms with Crippen LogP contribution in [0.15, 0.2) is 10.7 Å². The summed E-state index contributed by atoms with van der Waals surface area (Å²) in [5.74, 6) is 0.671. The van der Waals surface area contributed by atoms with Gasteiger partial charge in [-0.2, -0.15) is 0 Å². The van der Waals surface area contributed by atoms with Crippen molar-refractivity contribution in [2.45, 2.75) is 33.7 Å². The molecule has 0 N–H and O–H groups in total. The minimum atomic E-state index is 0.00120. The van der Waals surface area contributed by atoms with Crippen molar-refractivity contribution in [1.29, 1.82) is 0 Å². The zero-order valence-electron chi connectivity index (χ0n) is 8.37. The average molecular weight is 182 g/mol. The largest absolute Gasteiger partial charge is 0.359 e. The molecule has 0 atom stereocenters. The van der Waals surface area contributed by atoms with Crippen molar-refractivity contribution in [3.8, 4) is 0 Å². The zero-order chi connectivity index (χ0) is 10.0. The molecule has 0 spiro atoms. The van der Waals surface area contributed by atoms with Gasteiger partial charge in [0, 0.05) is 13.0 Å². The predicted molar refractivity (Wildman–Crippen MR) is 49.5 cm³/mol.